The first kappa shape index (κ1) is 5.69. The van der Waals surface area contributed by atoms with E-state index in [1.807, 2.05) is 0 Å². The Hall–Kier alpha value is 0.690. The summed E-state index contributed by atoms with van der Waals surface area (Å²) in [4.78, 5) is 0. The van der Waals surface area contributed by atoms with E-state index in [9.17, 15) is 0 Å². The molecule has 0 unspecified atom stereocenters. The van der Waals surface area contributed by atoms with Gasteiger partial charge in [0, 0.05) is 28.9 Å². The third-order valence-electron chi connectivity index (χ3n) is 0.218. The van der Waals surface area contributed by atoms with Crippen molar-refractivity contribution in [3.8, 4) is 0 Å². The van der Waals surface area contributed by atoms with Gasteiger partial charge in [-0.2, -0.15) is 0 Å². The molecule has 0 amide bonds. The topological polar surface area (TPSA) is 12.0 Å². The van der Waals surface area contributed by atoms with Gasteiger partial charge < -0.3 is 0 Å². The van der Waals surface area contributed by atoms with Crippen LogP contribution >= 0.6 is 22.9 Å². The molecule has 0 aromatic carbocycles. The maximum atomic E-state index is 3.00. The van der Waals surface area contributed by atoms with E-state index in [0.29, 0.717) is 6.04 Å². The fourth-order valence-corrected chi connectivity index (χ4v) is 0. The van der Waals surface area contributed by atoms with Gasteiger partial charge in [0.05, 0.1) is 0 Å². The van der Waals surface area contributed by atoms with Gasteiger partial charge in [0.1, 0.15) is 0 Å². The summed E-state index contributed by atoms with van der Waals surface area (Å²) >= 11 is 2.13. The summed E-state index contributed by atoms with van der Waals surface area (Å²) in [5, 5.41) is 0. The van der Waals surface area contributed by atoms with Gasteiger partial charge in [0.2, 0.25) is 0 Å². The van der Waals surface area contributed by atoms with E-state index in [2.05, 4.69) is 40.2 Å². The summed E-state index contributed by atoms with van der Waals surface area (Å²) in [6.45, 7) is 4.21. The summed E-state index contributed by atoms with van der Waals surface area (Å²) in [6.07, 6.45) is 0. The van der Waals surface area contributed by atoms with Crippen LogP contribution in [0.4, 0.5) is 0 Å². The van der Waals surface area contributed by atoms with Crippen molar-refractivity contribution in [1.29, 1.82) is 0 Å². The Bertz CT molecular complexity index is 20.9. The van der Waals surface area contributed by atoms with Crippen LogP contribution < -0.4 is 3.53 Å². The minimum Gasteiger partial charge on any atom is -0.259 e. The van der Waals surface area contributed by atoms with Gasteiger partial charge in [-0.15, -0.1) is 0 Å². The Morgan fingerprint density at radius 1 is 1.60 bits per heavy atom. The predicted molar refractivity (Wildman–Crippen MR) is 32.3 cm³/mol. The highest BCUT2D eigenvalue weighted by molar-refractivity contribution is 14.1. The van der Waals surface area contributed by atoms with Crippen LogP contribution in [0, 0.1) is 0 Å². The Labute approximate surface area is 46.6 Å². The lowest BCUT2D eigenvalue weighted by atomic mass is 10.4. The van der Waals surface area contributed by atoms with Crippen LogP contribution in [0.3, 0.4) is 0 Å². The van der Waals surface area contributed by atoms with E-state index in [0.717, 1.165) is 0 Å². The normalized spacial score (nSPS) is 9.60. The molecular weight excluding hydrogens is 177 g/mol. The van der Waals surface area contributed by atoms with Gasteiger partial charge in [-0.25, -0.2) is 0 Å². The lowest BCUT2D eigenvalue weighted by Gasteiger charge is -1.92. The summed E-state index contributed by atoms with van der Waals surface area (Å²) in [5.74, 6) is 0. The first-order valence-electron chi connectivity index (χ1n) is 1.63. The second-order valence-corrected chi connectivity index (χ2v) is 1.89. The van der Waals surface area contributed by atoms with Crippen LogP contribution in [0.15, 0.2) is 0 Å². The average Bonchev–Trinajstić information content (AvgIpc) is 1.38. The Kier molecular flexibility index (Phi) is 3.30. The van der Waals surface area contributed by atoms with Crippen LogP contribution in [0.1, 0.15) is 13.8 Å². The largest absolute Gasteiger partial charge is 0.259 e. The average molecular weight is 185 g/mol. The van der Waals surface area contributed by atoms with Gasteiger partial charge in [-0.05, 0) is 13.8 Å². The molecule has 0 atom stereocenters. The van der Waals surface area contributed by atoms with Crippen molar-refractivity contribution in [2.24, 2.45) is 0 Å². The van der Waals surface area contributed by atoms with Crippen LogP contribution in [-0.4, -0.2) is 6.04 Å². The van der Waals surface area contributed by atoms with Gasteiger partial charge in [-0.3, -0.25) is 3.53 Å². The van der Waals surface area contributed by atoms with Crippen LogP contribution in [0.5, 0.6) is 0 Å². The number of hydrogen-bond acceptors (Lipinski definition) is 1. The first-order valence-corrected chi connectivity index (χ1v) is 2.71. The zero-order chi connectivity index (χ0) is 4.28. The predicted octanol–water partition coefficient (Wildman–Crippen LogP) is 1.33. The van der Waals surface area contributed by atoms with E-state index in [1.165, 1.54) is 0 Å². The standard InChI is InChI=1S/C3H8IN/c1-3(2)5-4/h3,5H,1-2H3. The molecule has 0 aliphatic rings. The van der Waals surface area contributed by atoms with E-state index in [-0.39, 0.29) is 0 Å². The SMILES string of the molecule is CC(C)NI. The first-order chi connectivity index (χ1) is 2.27. The fourth-order valence-electron chi connectivity index (χ4n) is 0. The second-order valence-electron chi connectivity index (χ2n) is 1.26. The molecule has 0 saturated carbocycles. The monoisotopic (exact) mass is 185 g/mol. The van der Waals surface area contributed by atoms with E-state index in [4.69, 9.17) is 0 Å². The number of halogens is 1. The van der Waals surface area contributed by atoms with E-state index in [1.54, 1.807) is 0 Å². The molecule has 0 aromatic rings. The molecule has 5 heavy (non-hydrogen) atoms. The molecule has 0 aliphatic carbocycles. The van der Waals surface area contributed by atoms with Crippen molar-refractivity contribution >= 4 is 22.9 Å². The van der Waals surface area contributed by atoms with E-state index < -0.39 is 0 Å². The maximum absolute atomic E-state index is 3.00. The molecule has 0 aliphatic heterocycles. The highest BCUT2D eigenvalue weighted by atomic mass is 127. The van der Waals surface area contributed by atoms with Gasteiger partial charge in [0.15, 0.2) is 0 Å². The Morgan fingerprint density at radius 2 is 1.80 bits per heavy atom. The Morgan fingerprint density at radius 3 is 1.80 bits per heavy atom. The highest BCUT2D eigenvalue weighted by Gasteiger charge is 1.78. The van der Waals surface area contributed by atoms with Crippen molar-refractivity contribution < 1.29 is 0 Å². The quantitative estimate of drug-likeness (QED) is 0.480. The van der Waals surface area contributed by atoms with Crippen molar-refractivity contribution in [1.82, 2.24) is 3.53 Å². The van der Waals surface area contributed by atoms with Crippen LogP contribution in [-0.2, 0) is 0 Å². The minimum absolute atomic E-state index is 0.621. The van der Waals surface area contributed by atoms with Gasteiger partial charge in [-0.1, -0.05) is 0 Å². The number of nitrogens with one attached hydrogen (secondary N) is 1. The second kappa shape index (κ2) is 2.90. The van der Waals surface area contributed by atoms with Crippen LogP contribution in [0.25, 0.3) is 0 Å². The summed E-state index contributed by atoms with van der Waals surface area (Å²) < 4.78 is 3.00. The zero-order valence-electron chi connectivity index (χ0n) is 3.46. The van der Waals surface area contributed by atoms with E-state index >= 15 is 0 Å². The molecule has 0 heterocycles. The lowest BCUT2D eigenvalue weighted by Crippen LogP contribution is -2.08. The molecule has 0 saturated heterocycles. The molecule has 0 bridgehead atoms. The summed E-state index contributed by atoms with van der Waals surface area (Å²) in [7, 11) is 0. The molecule has 1 nitrogen and oxygen atoms in total. The van der Waals surface area contributed by atoms with Gasteiger partial charge in [0.25, 0.3) is 0 Å². The molecule has 0 rings (SSSR count). The molecule has 0 spiro atoms. The molecular formula is C3H8IN. The third kappa shape index (κ3) is 4.69. The van der Waals surface area contributed by atoms with Crippen molar-refractivity contribution in [3.05, 3.63) is 0 Å². The summed E-state index contributed by atoms with van der Waals surface area (Å²) in [5.41, 5.74) is 0. The molecule has 0 radical (unpaired) electrons. The molecule has 1 N–H and O–H groups in total. The fraction of sp³-hybridized carbons (Fsp3) is 1.00. The smallest absolute Gasteiger partial charge is 0.0172 e. The zero-order valence-corrected chi connectivity index (χ0v) is 5.61. The number of hydrogen-bond donors (Lipinski definition) is 1. The lowest BCUT2D eigenvalue weighted by molar-refractivity contribution is 0.795. The van der Waals surface area contributed by atoms with Crippen molar-refractivity contribution in [3.63, 3.8) is 0 Å². The van der Waals surface area contributed by atoms with Crippen LogP contribution in [0.2, 0.25) is 0 Å². The third-order valence-corrected chi connectivity index (χ3v) is 1.46. The molecule has 0 fully saturated rings. The van der Waals surface area contributed by atoms with Gasteiger partial charge >= 0.3 is 0 Å². The van der Waals surface area contributed by atoms with Crippen molar-refractivity contribution in [2.75, 3.05) is 0 Å². The Balaban J connectivity index is 2.54. The summed E-state index contributed by atoms with van der Waals surface area (Å²) in [6, 6.07) is 0.621. The highest BCUT2D eigenvalue weighted by Crippen LogP contribution is 1.77. The minimum atomic E-state index is 0.621. The maximum Gasteiger partial charge on any atom is 0.0172 e. The molecule has 32 valence electrons. The number of rotatable bonds is 1. The van der Waals surface area contributed by atoms with Crippen molar-refractivity contribution in [2.45, 2.75) is 19.9 Å². The molecule has 2 heteroatoms. The molecule has 0 aromatic heterocycles.